The van der Waals surface area contributed by atoms with Gasteiger partial charge in [-0.3, -0.25) is 9.59 Å². The second-order valence-electron chi connectivity index (χ2n) is 5.02. The average Bonchev–Trinajstić information content (AvgIpc) is 2.52. The number of rotatable bonds is 5. The van der Waals surface area contributed by atoms with E-state index in [2.05, 4.69) is 5.32 Å². The van der Waals surface area contributed by atoms with E-state index in [9.17, 15) is 14.7 Å². The summed E-state index contributed by atoms with van der Waals surface area (Å²) in [4.78, 5) is 23.4. The molecule has 0 aliphatic heterocycles. The number of carbonyl (C=O) groups excluding carboxylic acids is 1. The minimum absolute atomic E-state index is 0.224. The number of nitrogens with one attached hydrogen (secondary N) is 1. The lowest BCUT2D eigenvalue weighted by Crippen LogP contribution is -2.38. The minimum atomic E-state index is -0.920. The quantitative estimate of drug-likeness (QED) is 0.813. The molecule has 0 saturated heterocycles. The van der Waals surface area contributed by atoms with Crippen molar-refractivity contribution in [3.8, 4) is 5.75 Å². The maximum Gasteiger partial charge on any atom is 0.307 e. The van der Waals surface area contributed by atoms with E-state index < -0.39 is 17.8 Å². The van der Waals surface area contributed by atoms with Gasteiger partial charge in [0.15, 0.2) is 0 Å². The molecular formula is C16H19NO4. The number of hydrogen-bond acceptors (Lipinski definition) is 3. The summed E-state index contributed by atoms with van der Waals surface area (Å²) >= 11 is 0. The molecule has 5 nitrogen and oxygen atoms in total. The standard InChI is InChI=1S/C16H19NO4/c1-21-14-9-5-2-6-11(14)10-17-15(18)12-7-3-4-8-13(12)16(19)20/h2-6,9,12-13H,7-8,10H2,1H3,(H,17,18)(H,19,20). The van der Waals surface area contributed by atoms with Crippen LogP contribution < -0.4 is 10.1 Å². The van der Waals surface area contributed by atoms with E-state index in [-0.39, 0.29) is 5.91 Å². The molecule has 0 saturated carbocycles. The molecule has 1 aromatic rings. The van der Waals surface area contributed by atoms with Crippen molar-refractivity contribution in [2.45, 2.75) is 19.4 Å². The minimum Gasteiger partial charge on any atom is -0.496 e. The van der Waals surface area contributed by atoms with Crippen LogP contribution >= 0.6 is 0 Å². The molecule has 1 aromatic carbocycles. The molecule has 0 radical (unpaired) electrons. The molecule has 2 unspecified atom stereocenters. The molecule has 112 valence electrons. The van der Waals surface area contributed by atoms with Crippen LogP contribution in [-0.4, -0.2) is 24.1 Å². The predicted molar refractivity (Wildman–Crippen MR) is 77.8 cm³/mol. The summed E-state index contributed by atoms with van der Waals surface area (Å²) < 4.78 is 5.23. The highest BCUT2D eigenvalue weighted by atomic mass is 16.5. The van der Waals surface area contributed by atoms with Gasteiger partial charge in [0, 0.05) is 12.1 Å². The van der Waals surface area contributed by atoms with Crippen LogP contribution in [0.2, 0.25) is 0 Å². The van der Waals surface area contributed by atoms with Gasteiger partial charge in [0.05, 0.1) is 18.9 Å². The Bertz CT molecular complexity index is 553. The molecule has 5 heteroatoms. The fourth-order valence-corrected chi connectivity index (χ4v) is 2.54. The Hall–Kier alpha value is -2.30. The van der Waals surface area contributed by atoms with Crippen molar-refractivity contribution in [2.24, 2.45) is 11.8 Å². The fourth-order valence-electron chi connectivity index (χ4n) is 2.54. The highest BCUT2D eigenvalue weighted by Gasteiger charge is 2.33. The molecular weight excluding hydrogens is 270 g/mol. The molecule has 2 rings (SSSR count). The Morgan fingerprint density at radius 1 is 1.24 bits per heavy atom. The number of carboxylic acid groups (broad SMARTS) is 1. The SMILES string of the molecule is COc1ccccc1CNC(=O)C1CC=CCC1C(=O)O. The molecule has 0 fully saturated rings. The predicted octanol–water partition coefficient (Wildman–Crippen LogP) is 1.98. The third-order valence-corrected chi connectivity index (χ3v) is 3.73. The van der Waals surface area contributed by atoms with E-state index in [1.54, 1.807) is 7.11 Å². The number of methoxy groups -OCH3 is 1. The smallest absolute Gasteiger partial charge is 0.307 e. The Morgan fingerprint density at radius 3 is 2.57 bits per heavy atom. The van der Waals surface area contributed by atoms with E-state index in [1.165, 1.54) is 0 Å². The molecule has 21 heavy (non-hydrogen) atoms. The van der Waals surface area contributed by atoms with Gasteiger partial charge in [0.2, 0.25) is 5.91 Å². The lowest BCUT2D eigenvalue weighted by molar-refractivity contribution is -0.147. The molecule has 0 aromatic heterocycles. The first-order chi connectivity index (χ1) is 10.1. The van der Waals surface area contributed by atoms with E-state index in [0.717, 1.165) is 5.56 Å². The first-order valence-electron chi connectivity index (χ1n) is 6.91. The van der Waals surface area contributed by atoms with Crippen molar-refractivity contribution < 1.29 is 19.4 Å². The Balaban J connectivity index is 2.01. The van der Waals surface area contributed by atoms with Crippen LogP contribution in [0, 0.1) is 11.8 Å². The third kappa shape index (κ3) is 3.62. The summed E-state index contributed by atoms with van der Waals surface area (Å²) in [6, 6.07) is 7.42. The molecule has 2 N–H and O–H groups in total. The van der Waals surface area contributed by atoms with Gasteiger partial charge in [0.1, 0.15) is 5.75 Å². The number of carbonyl (C=O) groups is 2. The lowest BCUT2D eigenvalue weighted by Gasteiger charge is -2.24. The van der Waals surface area contributed by atoms with Crippen LogP contribution in [0.15, 0.2) is 36.4 Å². The summed E-state index contributed by atoms with van der Waals surface area (Å²) in [7, 11) is 1.58. The van der Waals surface area contributed by atoms with Gasteiger partial charge in [-0.05, 0) is 18.9 Å². The molecule has 2 atom stereocenters. The number of aliphatic carboxylic acids is 1. The van der Waals surface area contributed by atoms with Gasteiger partial charge >= 0.3 is 5.97 Å². The largest absolute Gasteiger partial charge is 0.496 e. The van der Waals surface area contributed by atoms with Gasteiger partial charge in [-0.15, -0.1) is 0 Å². The van der Waals surface area contributed by atoms with E-state index in [1.807, 2.05) is 36.4 Å². The zero-order valence-electron chi connectivity index (χ0n) is 11.9. The van der Waals surface area contributed by atoms with Crippen molar-refractivity contribution in [1.29, 1.82) is 0 Å². The number of hydrogen-bond donors (Lipinski definition) is 2. The molecule has 1 amide bonds. The van der Waals surface area contributed by atoms with Crippen LogP contribution in [0.1, 0.15) is 18.4 Å². The fraction of sp³-hybridized carbons (Fsp3) is 0.375. The Kier molecular flexibility index (Phi) is 4.98. The van der Waals surface area contributed by atoms with Crippen molar-refractivity contribution in [3.63, 3.8) is 0 Å². The topological polar surface area (TPSA) is 75.6 Å². The number of para-hydroxylation sites is 1. The molecule has 0 spiro atoms. The van der Waals surface area contributed by atoms with E-state index >= 15 is 0 Å². The van der Waals surface area contributed by atoms with Crippen LogP contribution in [0.4, 0.5) is 0 Å². The van der Waals surface area contributed by atoms with Crippen molar-refractivity contribution in [2.75, 3.05) is 7.11 Å². The number of carboxylic acids is 1. The summed E-state index contributed by atoms with van der Waals surface area (Å²) in [5.41, 5.74) is 0.867. The normalized spacial score (nSPS) is 20.8. The third-order valence-electron chi connectivity index (χ3n) is 3.73. The molecule has 0 heterocycles. The second-order valence-corrected chi connectivity index (χ2v) is 5.02. The summed E-state index contributed by atoms with van der Waals surface area (Å²) in [6.45, 7) is 0.329. The van der Waals surface area contributed by atoms with Crippen LogP contribution in [0.25, 0.3) is 0 Å². The summed E-state index contributed by atoms with van der Waals surface area (Å²) in [6.07, 6.45) is 4.56. The van der Waals surface area contributed by atoms with Gasteiger partial charge in [-0.2, -0.15) is 0 Å². The molecule has 0 bridgehead atoms. The van der Waals surface area contributed by atoms with Crippen molar-refractivity contribution in [3.05, 3.63) is 42.0 Å². The zero-order chi connectivity index (χ0) is 15.2. The van der Waals surface area contributed by atoms with E-state index in [4.69, 9.17) is 4.74 Å². The highest BCUT2D eigenvalue weighted by Crippen LogP contribution is 2.26. The monoisotopic (exact) mass is 289 g/mol. The average molecular weight is 289 g/mol. The summed E-state index contributed by atoms with van der Waals surface area (Å²) in [5, 5.41) is 12.0. The number of ether oxygens (including phenoxy) is 1. The van der Waals surface area contributed by atoms with Crippen LogP contribution in [0.5, 0.6) is 5.75 Å². The number of allylic oxidation sites excluding steroid dienone is 2. The lowest BCUT2D eigenvalue weighted by atomic mass is 9.82. The second kappa shape index (κ2) is 6.92. The van der Waals surface area contributed by atoms with Crippen molar-refractivity contribution in [1.82, 2.24) is 5.32 Å². The van der Waals surface area contributed by atoms with Crippen molar-refractivity contribution >= 4 is 11.9 Å². The number of amides is 1. The Labute approximate surface area is 123 Å². The number of benzene rings is 1. The maximum atomic E-state index is 12.2. The molecule has 1 aliphatic carbocycles. The summed E-state index contributed by atoms with van der Waals surface area (Å²) in [5.74, 6) is -1.60. The maximum absolute atomic E-state index is 12.2. The highest BCUT2D eigenvalue weighted by molar-refractivity contribution is 5.85. The first kappa shape index (κ1) is 15.1. The zero-order valence-corrected chi connectivity index (χ0v) is 11.9. The van der Waals surface area contributed by atoms with E-state index in [0.29, 0.717) is 25.1 Å². The van der Waals surface area contributed by atoms with Crippen LogP contribution in [0.3, 0.4) is 0 Å². The van der Waals surface area contributed by atoms with Gasteiger partial charge < -0.3 is 15.2 Å². The van der Waals surface area contributed by atoms with Gasteiger partial charge in [-0.25, -0.2) is 0 Å². The molecule has 1 aliphatic rings. The van der Waals surface area contributed by atoms with Gasteiger partial charge in [0.25, 0.3) is 0 Å². The van der Waals surface area contributed by atoms with Gasteiger partial charge in [-0.1, -0.05) is 30.4 Å². The first-order valence-corrected chi connectivity index (χ1v) is 6.91. The van der Waals surface area contributed by atoms with Crippen LogP contribution in [-0.2, 0) is 16.1 Å². The Morgan fingerprint density at radius 2 is 1.90 bits per heavy atom.